The van der Waals surface area contributed by atoms with Gasteiger partial charge in [0.2, 0.25) is 0 Å². The third-order valence-electron chi connectivity index (χ3n) is 1.83. The van der Waals surface area contributed by atoms with Gasteiger partial charge in [-0.3, -0.25) is 0 Å². The van der Waals surface area contributed by atoms with Crippen LogP contribution >= 0.6 is 0 Å². The maximum atomic E-state index is 5.39. The zero-order chi connectivity index (χ0) is 7.40. The van der Waals surface area contributed by atoms with Crippen LogP contribution in [0.2, 0.25) is 0 Å². The van der Waals surface area contributed by atoms with Crippen LogP contribution in [0.1, 0.15) is 19.8 Å². The van der Waals surface area contributed by atoms with Crippen LogP contribution in [0.15, 0.2) is 12.2 Å². The first kappa shape index (κ1) is 7.76. The number of nitrogens with two attached hydrogens (primary N) is 1. The minimum Gasteiger partial charge on any atom is -0.330 e. The Morgan fingerprint density at radius 1 is 1.50 bits per heavy atom. The molecule has 0 aromatic rings. The average Bonchev–Trinajstić information content (AvgIpc) is 2.31. The summed E-state index contributed by atoms with van der Waals surface area (Å²) < 4.78 is 0. The van der Waals surface area contributed by atoms with Gasteiger partial charge >= 0.3 is 0 Å². The second-order valence-electron chi connectivity index (χ2n) is 2.88. The van der Waals surface area contributed by atoms with Crippen LogP contribution in [-0.2, 0) is 0 Å². The zero-order valence-corrected chi connectivity index (χ0v) is 6.51. The van der Waals surface area contributed by atoms with Crippen LogP contribution in [0.5, 0.6) is 0 Å². The summed E-state index contributed by atoms with van der Waals surface area (Å²) >= 11 is 0. The maximum absolute atomic E-state index is 5.39. The van der Waals surface area contributed by atoms with E-state index in [2.05, 4.69) is 24.4 Å². The summed E-state index contributed by atoms with van der Waals surface area (Å²) in [6.45, 7) is 2.97. The summed E-state index contributed by atoms with van der Waals surface area (Å²) in [4.78, 5) is 0. The van der Waals surface area contributed by atoms with Crippen LogP contribution in [-0.4, -0.2) is 18.6 Å². The molecule has 1 aliphatic heterocycles. The molecule has 1 heterocycles. The summed E-state index contributed by atoms with van der Waals surface area (Å²) in [6, 6.07) is 1.14. The summed E-state index contributed by atoms with van der Waals surface area (Å²) in [5, 5.41) is 3.42. The predicted octanol–water partition coefficient (Wildman–Crippen LogP) is 0.642. The smallest absolute Gasteiger partial charge is 0.0256 e. The Hall–Kier alpha value is -0.340. The molecule has 0 saturated carbocycles. The number of nitrogens with one attached hydrogen (secondary N) is 1. The van der Waals surface area contributed by atoms with Crippen molar-refractivity contribution in [2.45, 2.75) is 31.8 Å². The molecular formula is C8H16N2. The van der Waals surface area contributed by atoms with Gasteiger partial charge in [-0.05, 0) is 26.3 Å². The molecule has 0 radical (unpaired) electrons. The van der Waals surface area contributed by atoms with E-state index in [-0.39, 0.29) is 0 Å². The molecule has 58 valence electrons. The molecule has 10 heavy (non-hydrogen) atoms. The first-order valence-corrected chi connectivity index (χ1v) is 3.97. The van der Waals surface area contributed by atoms with Crippen molar-refractivity contribution in [3.8, 4) is 0 Å². The Morgan fingerprint density at radius 2 is 2.30 bits per heavy atom. The third-order valence-corrected chi connectivity index (χ3v) is 1.83. The highest BCUT2D eigenvalue weighted by Crippen LogP contribution is 2.06. The van der Waals surface area contributed by atoms with Gasteiger partial charge in [0.25, 0.3) is 0 Å². The van der Waals surface area contributed by atoms with E-state index in [0.29, 0.717) is 12.1 Å². The van der Waals surface area contributed by atoms with Gasteiger partial charge in [-0.15, -0.1) is 0 Å². The van der Waals surface area contributed by atoms with Crippen molar-refractivity contribution in [1.29, 1.82) is 0 Å². The van der Waals surface area contributed by atoms with Crippen LogP contribution in [0, 0.1) is 0 Å². The Bertz CT molecular complexity index is 120. The van der Waals surface area contributed by atoms with E-state index in [1.807, 2.05) is 0 Å². The van der Waals surface area contributed by atoms with Crippen molar-refractivity contribution in [2.75, 3.05) is 6.54 Å². The van der Waals surface area contributed by atoms with Crippen molar-refractivity contribution >= 4 is 0 Å². The van der Waals surface area contributed by atoms with Crippen LogP contribution in [0.25, 0.3) is 0 Å². The van der Waals surface area contributed by atoms with Gasteiger partial charge in [-0.25, -0.2) is 0 Å². The molecule has 1 aliphatic rings. The van der Waals surface area contributed by atoms with Gasteiger partial charge in [0.1, 0.15) is 0 Å². The van der Waals surface area contributed by atoms with Gasteiger partial charge in [-0.2, -0.15) is 0 Å². The minimum atomic E-state index is 0.558. The van der Waals surface area contributed by atoms with Gasteiger partial charge < -0.3 is 11.1 Å². The van der Waals surface area contributed by atoms with E-state index in [1.54, 1.807) is 0 Å². The highest BCUT2D eigenvalue weighted by atomic mass is 15.0. The molecule has 0 aromatic carbocycles. The molecule has 1 rings (SSSR count). The lowest BCUT2D eigenvalue weighted by Crippen LogP contribution is -2.28. The Morgan fingerprint density at radius 3 is 2.80 bits per heavy atom. The summed E-state index contributed by atoms with van der Waals surface area (Å²) in [6.07, 6.45) is 6.74. The summed E-state index contributed by atoms with van der Waals surface area (Å²) in [7, 11) is 0. The highest BCUT2D eigenvalue weighted by Gasteiger charge is 2.11. The summed E-state index contributed by atoms with van der Waals surface area (Å²) in [5.74, 6) is 0. The fourth-order valence-corrected chi connectivity index (χ4v) is 1.27. The number of rotatable bonds is 3. The molecule has 0 amide bonds. The van der Waals surface area contributed by atoms with Gasteiger partial charge in [0, 0.05) is 12.1 Å². The Balaban J connectivity index is 2.14. The van der Waals surface area contributed by atoms with Crippen LogP contribution in [0.4, 0.5) is 0 Å². The lowest BCUT2D eigenvalue weighted by atomic mass is 10.2. The molecule has 0 bridgehead atoms. The summed E-state index contributed by atoms with van der Waals surface area (Å²) in [5.41, 5.74) is 5.39. The molecule has 0 aromatic heterocycles. The van der Waals surface area contributed by atoms with E-state index in [9.17, 15) is 0 Å². The fourth-order valence-electron chi connectivity index (χ4n) is 1.27. The van der Waals surface area contributed by atoms with Crippen molar-refractivity contribution < 1.29 is 0 Å². The fraction of sp³-hybridized carbons (Fsp3) is 0.750. The quantitative estimate of drug-likeness (QED) is 0.565. The molecule has 2 unspecified atom stereocenters. The Kier molecular flexibility index (Phi) is 2.90. The molecule has 3 N–H and O–H groups in total. The molecular weight excluding hydrogens is 124 g/mol. The standard InChI is InChI=1S/C8H16N2/c1-7-4-5-8(10-7)3-2-6-9/h4-5,7-8,10H,2-3,6,9H2,1H3. The van der Waals surface area contributed by atoms with Gasteiger partial charge in [-0.1, -0.05) is 12.2 Å². The molecule has 0 aliphatic carbocycles. The van der Waals surface area contributed by atoms with E-state index < -0.39 is 0 Å². The monoisotopic (exact) mass is 140 g/mol. The second-order valence-corrected chi connectivity index (χ2v) is 2.88. The zero-order valence-electron chi connectivity index (χ0n) is 6.51. The van der Waals surface area contributed by atoms with Gasteiger partial charge in [0.05, 0.1) is 0 Å². The first-order valence-electron chi connectivity index (χ1n) is 3.97. The largest absolute Gasteiger partial charge is 0.330 e. The van der Waals surface area contributed by atoms with Crippen LogP contribution in [0.3, 0.4) is 0 Å². The normalized spacial score (nSPS) is 31.4. The minimum absolute atomic E-state index is 0.558. The molecule has 2 atom stereocenters. The average molecular weight is 140 g/mol. The molecule has 0 fully saturated rings. The van der Waals surface area contributed by atoms with E-state index in [0.717, 1.165) is 13.0 Å². The second kappa shape index (κ2) is 3.74. The Labute approximate surface area is 62.5 Å². The van der Waals surface area contributed by atoms with E-state index in [4.69, 9.17) is 5.73 Å². The SMILES string of the molecule is CC1C=CC(CCCN)N1. The highest BCUT2D eigenvalue weighted by molar-refractivity contribution is 5.06. The topological polar surface area (TPSA) is 38.0 Å². The van der Waals surface area contributed by atoms with Crippen molar-refractivity contribution in [3.63, 3.8) is 0 Å². The van der Waals surface area contributed by atoms with Gasteiger partial charge in [0.15, 0.2) is 0 Å². The predicted molar refractivity (Wildman–Crippen MR) is 43.8 cm³/mol. The molecule has 2 nitrogen and oxygen atoms in total. The number of hydrogen-bond acceptors (Lipinski definition) is 2. The van der Waals surface area contributed by atoms with E-state index in [1.165, 1.54) is 6.42 Å². The first-order chi connectivity index (χ1) is 4.83. The lowest BCUT2D eigenvalue weighted by molar-refractivity contribution is 0.544. The van der Waals surface area contributed by atoms with Crippen molar-refractivity contribution in [2.24, 2.45) is 5.73 Å². The van der Waals surface area contributed by atoms with Crippen molar-refractivity contribution in [3.05, 3.63) is 12.2 Å². The third kappa shape index (κ3) is 2.12. The molecule has 0 saturated heterocycles. The molecule has 0 spiro atoms. The van der Waals surface area contributed by atoms with Crippen molar-refractivity contribution in [1.82, 2.24) is 5.32 Å². The lowest BCUT2D eigenvalue weighted by Gasteiger charge is -2.09. The van der Waals surface area contributed by atoms with Crippen LogP contribution < -0.4 is 11.1 Å². The number of hydrogen-bond donors (Lipinski definition) is 2. The maximum Gasteiger partial charge on any atom is 0.0256 e. The molecule has 2 heteroatoms. The van der Waals surface area contributed by atoms with E-state index >= 15 is 0 Å².